The van der Waals surface area contributed by atoms with E-state index in [4.69, 9.17) is 4.74 Å². The van der Waals surface area contributed by atoms with Crippen molar-refractivity contribution < 1.29 is 17.9 Å². The van der Waals surface area contributed by atoms with Crippen molar-refractivity contribution in [2.75, 3.05) is 6.54 Å². The fourth-order valence-electron chi connectivity index (χ4n) is 2.17. The molecule has 1 N–H and O–H groups in total. The summed E-state index contributed by atoms with van der Waals surface area (Å²) in [5, 5.41) is 3.19. The number of benzene rings is 1. The van der Waals surface area contributed by atoms with Gasteiger partial charge in [0.25, 0.3) is 0 Å². The summed E-state index contributed by atoms with van der Waals surface area (Å²) < 4.78 is 42.9. The summed E-state index contributed by atoms with van der Waals surface area (Å²) in [6.07, 6.45) is -1.41. The van der Waals surface area contributed by atoms with Gasteiger partial charge in [-0.15, -0.1) is 0 Å². The van der Waals surface area contributed by atoms with E-state index in [1.165, 1.54) is 0 Å². The van der Waals surface area contributed by atoms with Gasteiger partial charge in [-0.2, -0.15) is 13.2 Å². The van der Waals surface area contributed by atoms with E-state index >= 15 is 0 Å². The molecule has 1 unspecified atom stereocenters. The Balaban J connectivity index is 1.96. The normalized spacial score (nSPS) is 16.8. The van der Waals surface area contributed by atoms with Crippen molar-refractivity contribution in [2.45, 2.75) is 57.3 Å². The van der Waals surface area contributed by atoms with Crippen LogP contribution in [0, 0.1) is 0 Å². The highest BCUT2D eigenvalue weighted by Gasteiger charge is 2.28. The Bertz CT molecular complexity index is 426. The second-order valence-electron chi connectivity index (χ2n) is 5.55. The van der Waals surface area contributed by atoms with Gasteiger partial charge in [-0.1, -0.05) is 19.1 Å². The third kappa shape index (κ3) is 5.96. The highest BCUT2D eigenvalue weighted by molar-refractivity contribution is 5.29. The predicted octanol–water partition coefficient (Wildman–Crippen LogP) is 4.61. The molecule has 0 amide bonds. The maximum Gasteiger partial charge on any atom is 0.389 e. The maximum atomic E-state index is 12.4. The molecule has 2 rings (SSSR count). The highest BCUT2D eigenvalue weighted by Crippen LogP contribution is 2.30. The van der Waals surface area contributed by atoms with Gasteiger partial charge < -0.3 is 10.1 Å². The fourth-order valence-corrected chi connectivity index (χ4v) is 2.17. The molecule has 0 spiro atoms. The lowest BCUT2D eigenvalue weighted by atomic mass is 10.0. The second-order valence-corrected chi connectivity index (χ2v) is 5.55. The van der Waals surface area contributed by atoms with Crippen LogP contribution in [0.15, 0.2) is 24.3 Å². The molecule has 5 heteroatoms. The zero-order chi connectivity index (χ0) is 15.3. The summed E-state index contributed by atoms with van der Waals surface area (Å²) in [5.74, 6) is 0.798. The first-order valence-electron chi connectivity index (χ1n) is 7.54. The minimum absolute atomic E-state index is 0.0618. The van der Waals surface area contributed by atoms with Gasteiger partial charge in [0.1, 0.15) is 5.75 Å². The van der Waals surface area contributed by atoms with Crippen LogP contribution in [-0.2, 0) is 0 Å². The molecule has 0 saturated heterocycles. The average Bonchev–Trinajstić information content (AvgIpc) is 3.23. The van der Waals surface area contributed by atoms with E-state index in [-0.39, 0.29) is 12.5 Å². The van der Waals surface area contributed by atoms with Crippen molar-refractivity contribution >= 4 is 0 Å². The quantitative estimate of drug-likeness (QED) is 0.757. The molecule has 21 heavy (non-hydrogen) atoms. The predicted molar refractivity (Wildman–Crippen MR) is 76.4 cm³/mol. The standard InChI is InChI=1S/C16H22F3NO/c1-2-11-20-15(9-10-16(17,18)19)12-3-5-13(6-4-12)21-14-7-8-14/h3-6,14-15,20H,2,7-11H2,1H3. The summed E-state index contributed by atoms with van der Waals surface area (Å²) in [6.45, 7) is 2.71. The smallest absolute Gasteiger partial charge is 0.389 e. The van der Waals surface area contributed by atoms with Gasteiger partial charge in [-0.3, -0.25) is 0 Å². The summed E-state index contributed by atoms with van der Waals surface area (Å²) in [6, 6.07) is 7.16. The van der Waals surface area contributed by atoms with Gasteiger partial charge in [0, 0.05) is 12.5 Å². The third-order valence-electron chi connectivity index (χ3n) is 3.47. The zero-order valence-corrected chi connectivity index (χ0v) is 12.2. The van der Waals surface area contributed by atoms with Crippen molar-refractivity contribution in [2.24, 2.45) is 0 Å². The van der Waals surface area contributed by atoms with Gasteiger partial charge >= 0.3 is 6.18 Å². The van der Waals surface area contributed by atoms with Crippen LogP contribution in [0.25, 0.3) is 0 Å². The molecule has 0 radical (unpaired) electrons. The van der Waals surface area contributed by atoms with E-state index < -0.39 is 12.6 Å². The first kappa shape index (κ1) is 16.1. The molecule has 1 saturated carbocycles. The Morgan fingerprint density at radius 3 is 2.43 bits per heavy atom. The Labute approximate surface area is 123 Å². The van der Waals surface area contributed by atoms with Crippen LogP contribution in [0.2, 0.25) is 0 Å². The summed E-state index contributed by atoms with van der Waals surface area (Å²) in [5.41, 5.74) is 0.885. The molecular weight excluding hydrogens is 279 g/mol. The average molecular weight is 301 g/mol. The molecule has 0 aliphatic heterocycles. The Morgan fingerprint density at radius 1 is 1.24 bits per heavy atom. The first-order chi connectivity index (χ1) is 9.98. The molecule has 1 fully saturated rings. The molecule has 0 heterocycles. The first-order valence-corrected chi connectivity index (χ1v) is 7.54. The van der Waals surface area contributed by atoms with E-state index in [0.717, 1.165) is 30.6 Å². The number of hydrogen-bond donors (Lipinski definition) is 1. The van der Waals surface area contributed by atoms with Crippen molar-refractivity contribution in [3.8, 4) is 5.75 Å². The second kappa shape index (κ2) is 7.16. The largest absolute Gasteiger partial charge is 0.490 e. The summed E-state index contributed by atoms with van der Waals surface area (Å²) >= 11 is 0. The number of nitrogens with one attached hydrogen (secondary N) is 1. The minimum Gasteiger partial charge on any atom is -0.490 e. The van der Waals surface area contributed by atoms with Crippen molar-refractivity contribution in [3.05, 3.63) is 29.8 Å². The zero-order valence-electron chi connectivity index (χ0n) is 12.2. The lowest BCUT2D eigenvalue weighted by molar-refractivity contribution is -0.136. The monoisotopic (exact) mass is 301 g/mol. The maximum absolute atomic E-state index is 12.4. The van der Waals surface area contributed by atoms with Crippen LogP contribution in [0.5, 0.6) is 5.75 Å². The fraction of sp³-hybridized carbons (Fsp3) is 0.625. The van der Waals surface area contributed by atoms with Crippen molar-refractivity contribution in [3.63, 3.8) is 0 Å². The van der Waals surface area contributed by atoms with Gasteiger partial charge in [-0.25, -0.2) is 0 Å². The summed E-state index contributed by atoms with van der Waals surface area (Å²) in [4.78, 5) is 0. The van der Waals surface area contributed by atoms with Crippen molar-refractivity contribution in [1.29, 1.82) is 0 Å². The lowest BCUT2D eigenvalue weighted by Crippen LogP contribution is -2.24. The number of hydrogen-bond acceptors (Lipinski definition) is 2. The van der Waals surface area contributed by atoms with Gasteiger partial charge in [0.15, 0.2) is 0 Å². The van der Waals surface area contributed by atoms with Crippen LogP contribution in [0.4, 0.5) is 13.2 Å². The molecule has 118 valence electrons. The van der Waals surface area contributed by atoms with Crippen LogP contribution in [-0.4, -0.2) is 18.8 Å². The number of rotatable bonds is 8. The van der Waals surface area contributed by atoms with E-state index in [0.29, 0.717) is 12.6 Å². The SMILES string of the molecule is CCCNC(CCC(F)(F)F)c1ccc(OC2CC2)cc1. The van der Waals surface area contributed by atoms with E-state index in [1.807, 2.05) is 31.2 Å². The molecular formula is C16H22F3NO. The Kier molecular flexibility index (Phi) is 5.51. The Morgan fingerprint density at radius 2 is 1.90 bits per heavy atom. The minimum atomic E-state index is -4.11. The molecule has 1 aliphatic rings. The van der Waals surface area contributed by atoms with Gasteiger partial charge in [0.05, 0.1) is 6.10 Å². The van der Waals surface area contributed by atoms with E-state index in [2.05, 4.69) is 5.32 Å². The van der Waals surface area contributed by atoms with Crippen LogP contribution >= 0.6 is 0 Å². The molecule has 1 aromatic carbocycles. The molecule has 2 nitrogen and oxygen atoms in total. The van der Waals surface area contributed by atoms with E-state index in [9.17, 15) is 13.2 Å². The third-order valence-corrected chi connectivity index (χ3v) is 3.47. The van der Waals surface area contributed by atoms with Gasteiger partial charge in [0.2, 0.25) is 0 Å². The molecule has 0 aromatic heterocycles. The topological polar surface area (TPSA) is 21.3 Å². The Hall–Kier alpha value is -1.23. The lowest BCUT2D eigenvalue weighted by Gasteiger charge is -2.20. The molecule has 1 aliphatic carbocycles. The van der Waals surface area contributed by atoms with Crippen LogP contribution in [0.1, 0.15) is 50.6 Å². The highest BCUT2D eigenvalue weighted by atomic mass is 19.4. The van der Waals surface area contributed by atoms with E-state index in [1.54, 1.807) is 0 Å². The van der Waals surface area contributed by atoms with Crippen LogP contribution in [0.3, 0.4) is 0 Å². The molecule has 1 atom stereocenters. The van der Waals surface area contributed by atoms with Gasteiger partial charge in [-0.05, 0) is 49.9 Å². The number of alkyl halides is 3. The van der Waals surface area contributed by atoms with Crippen LogP contribution < -0.4 is 10.1 Å². The van der Waals surface area contributed by atoms with Crippen molar-refractivity contribution in [1.82, 2.24) is 5.32 Å². The molecule has 1 aromatic rings. The number of ether oxygens (including phenoxy) is 1. The number of halogens is 3. The summed E-state index contributed by atoms with van der Waals surface area (Å²) in [7, 11) is 0. The molecule has 0 bridgehead atoms.